The lowest BCUT2D eigenvalue weighted by Gasteiger charge is -2.42. The largest absolute Gasteiger partial charge is 0.369 e. The summed E-state index contributed by atoms with van der Waals surface area (Å²) in [5, 5.41) is 0.727. The Balaban J connectivity index is 1.83. The van der Waals surface area contributed by atoms with Gasteiger partial charge in [-0.3, -0.25) is 0 Å². The molecule has 1 saturated heterocycles. The van der Waals surface area contributed by atoms with Crippen LogP contribution in [0.1, 0.15) is 37.7 Å². The fourth-order valence-electron chi connectivity index (χ4n) is 3.83. The number of benzene rings is 1. The van der Waals surface area contributed by atoms with E-state index in [-0.39, 0.29) is 5.82 Å². The Kier molecular flexibility index (Phi) is 4.11. The zero-order chi connectivity index (χ0) is 13.2. The molecule has 2 unspecified atom stereocenters. The summed E-state index contributed by atoms with van der Waals surface area (Å²) in [4.78, 5) is 2.29. The normalized spacial score (nSPS) is 27.2. The quantitative estimate of drug-likeness (QED) is 0.710. The summed E-state index contributed by atoms with van der Waals surface area (Å²) < 4.78 is 14.2. The molecule has 1 aliphatic heterocycles. The monoisotopic (exact) mass is 325 g/mol. The molecule has 1 heterocycles. The topological polar surface area (TPSA) is 3.24 Å². The predicted octanol–water partition coefficient (Wildman–Crippen LogP) is 4.74. The minimum absolute atomic E-state index is 0.0637. The number of fused-ring (bicyclic) bond motifs is 1. The number of hydrogen-bond donors (Lipinski definition) is 0. The van der Waals surface area contributed by atoms with E-state index in [1.165, 1.54) is 32.1 Å². The van der Waals surface area contributed by atoms with Crippen LogP contribution in [0.25, 0.3) is 0 Å². The third-order valence-electron chi connectivity index (χ3n) is 4.82. The summed E-state index contributed by atoms with van der Waals surface area (Å²) in [6, 6.07) is 5.43. The molecule has 0 radical (unpaired) electrons. The first-order valence-electron chi connectivity index (χ1n) is 7.38. The van der Waals surface area contributed by atoms with Crippen LogP contribution in [0.4, 0.5) is 10.1 Å². The van der Waals surface area contributed by atoms with Crippen molar-refractivity contribution in [3.8, 4) is 0 Å². The lowest BCUT2D eigenvalue weighted by molar-refractivity contribution is 0.202. The smallest absolute Gasteiger partial charge is 0.146 e. The number of hydrogen-bond acceptors (Lipinski definition) is 1. The van der Waals surface area contributed by atoms with Crippen LogP contribution in [0, 0.1) is 17.7 Å². The molecule has 19 heavy (non-hydrogen) atoms. The zero-order valence-electron chi connectivity index (χ0n) is 11.2. The fourth-order valence-corrected chi connectivity index (χ4v) is 4.28. The van der Waals surface area contributed by atoms with Crippen LogP contribution in [0.5, 0.6) is 0 Å². The maximum absolute atomic E-state index is 14.2. The molecule has 0 amide bonds. The number of para-hydroxylation sites is 1. The summed E-state index contributed by atoms with van der Waals surface area (Å²) in [7, 11) is 0. The zero-order valence-corrected chi connectivity index (χ0v) is 12.8. The lowest BCUT2D eigenvalue weighted by Crippen LogP contribution is -2.42. The molecule has 2 fully saturated rings. The third-order valence-corrected chi connectivity index (χ3v) is 5.43. The van der Waals surface area contributed by atoms with Gasteiger partial charge >= 0.3 is 0 Å². The lowest BCUT2D eigenvalue weighted by atomic mass is 9.75. The van der Waals surface area contributed by atoms with Gasteiger partial charge in [0.1, 0.15) is 5.82 Å². The summed E-state index contributed by atoms with van der Waals surface area (Å²) in [5.74, 6) is 1.61. The van der Waals surface area contributed by atoms with Gasteiger partial charge in [0.25, 0.3) is 0 Å². The molecule has 0 bridgehead atoms. The molecule has 1 aromatic carbocycles. The molecule has 0 N–H and O–H groups in total. The molecule has 2 aliphatic rings. The third kappa shape index (κ3) is 2.67. The van der Waals surface area contributed by atoms with E-state index in [2.05, 4.69) is 20.8 Å². The van der Waals surface area contributed by atoms with Crippen LogP contribution in [0.15, 0.2) is 18.2 Å². The van der Waals surface area contributed by atoms with Crippen molar-refractivity contribution in [2.45, 2.75) is 37.4 Å². The van der Waals surface area contributed by atoms with Gasteiger partial charge in [0.05, 0.1) is 5.69 Å². The molecule has 1 aromatic rings. The van der Waals surface area contributed by atoms with Crippen LogP contribution in [0.2, 0.25) is 0 Å². The SMILES string of the molecule is Fc1cccc(CBr)c1N1CCC2CCCCC2C1. The van der Waals surface area contributed by atoms with Gasteiger partial charge in [-0.2, -0.15) is 0 Å². The highest BCUT2D eigenvalue weighted by atomic mass is 79.9. The van der Waals surface area contributed by atoms with Crippen molar-refractivity contribution in [1.29, 1.82) is 0 Å². The highest BCUT2D eigenvalue weighted by Gasteiger charge is 2.32. The van der Waals surface area contributed by atoms with E-state index in [1.54, 1.807) is 6.07 Å². The Morgan fingerprint density at radius 2 is 1.95 bits per heavy atom. The van der Waals surface area contributed by atoms with Gasteiger partial charge in [0.2, 0.25) is 0 Å². The van der Waals surface area contributed by atoms with Gasteiger partial charge in [0, 0.05) is 18.4 Å². The van der Waals surface area contributed by atoms with E-state index >= 15 is 0 Å². The summed E-state index contributed by atoms with van der Waals surface area (Å²) in [6.45, 7) is 2.06. The van der Waals surface area contributed by atoms with Gasteiger partial charge in [-0.05, 0) is 36.3 Å². The standard InChI is InChI=1S/C16H21BrFN/c17-10-13-6-3-7-15(18)16(13)19-9-8-12-4-1-2-5-14(12)11-19/h3,6-7,12,14H,1-2,4-5,8-11H2. The van der Waals surface area contributed by atoms with E-state index in [1.807, 2.05) is 12.1 Å². The Bertz CT molecular complexity index is 448. The number of nitrogens with zero attached hydrogens (tertiary/aromatic N) is 1. The first-order valence-corrected chi connectivity index (χ1v) is 8.50. The molecule has 1 aliphatic carbocycles. The summed E-state index contributed by atoms with van der Waals surface area (Å²) in [5.41, 5.74) is 1.91. The number of piperidine rings is 1. The van der Waals surface area contributed by atoms with E-state index in [4.69, 9.17) is 0 Å². The average Bonchev–Trinajstić information content (AvgIpc) is 2.46. The van der Waals surface area contributed by atoms with Crippen molar-refractivity contribution in [2.75, 3.05) is 18.0 Å². The first kappa shape index (κ1) is 13.4. The van der Waals surface area contributed by atoms with Crippen LogP contribution in [-0.2, 0) is 5.33 Å². The Hall–Kier alpha value is -0.570. The van der Waals surface area contributed by atoms with Crippen molar-refractivity contribution >= 4 is 21.6 Å². The second kappa shape index (κ2) is 5.82. The molecule has 3 rings (SSSR count). The molecule has 3 heteroatoms. The Labute approximate surface area is 123 Å². The van der Waals surface area contributed by atoms with Crippen molar-refractivity contribution in [1.82, 2.24) is 0 Å². The van der Waals surface area contributed by atoms with Crippen LogP contribution >= 0.6 is 15.9 Å². The first-order chi connectivity index (χ1) is 9.29. The van der Waals surface area contributed by atoms with Crippen molar-refractivity contribution in [3.05, 3.63) is 29.6 Å². The number of halogens is 2. The van der Waals surface area contributed by atoms with Crippen molar-refractivity contribution in [3.63, 3.8) is 0 Å². The van der Waals surface area contributed by atoms with E-state index in [0.29, 0.717) is 0 Å². The van der Waals surface area contributed by atoms with Crippen LogP contribution in [-0.4, -0.2) is 13.1 Å². The van der Waals surface area contributed by atoms with Gasteiger partial charge in [-0.1, -0.05) is 47.3 Å². The van der Waals surface area contributed by atoms with Gasteiger partial charge in [0.15, 0.2) is 0 Å². The average molecular weight is 326 g/mol. The van der Waals surface area contributed by atoms with Crippen LogP contribution in [0.3, 0.4) is 0 Å². The molecule has 104 valence electrons. The van der Waals surface area contributed by atoms with E-state index < -0.39 is 0 Å². The van der Waals surface area contributed by atoms with Gasteiger partial charge < -0.3 is 4.90 Å². The number of anilines is 1. The van der Waals surface area contributed by atoms with Gasteiger partial charge in [-0.15, -0.1) is 0 Å². The Morgan fingerprint density at radius 1 is 1.16 bits per heavy atom. The minimum atomic E-state index is -0.0637. The number of rotatable bonds is 2. The number of alkyl halides is 1. The second-order valence-electron chi connectivity index (χ2n) is 5.92. The van der Waals surface area contributed by atoms with Crippen LogP contribution < -0.4 is 4.90 Å². The fraction of sp³-hybridized carbons (Fsp3) is 0.625. The summed E-state index contributed by atoms with van der Waals surface area (Å²) >= 11 is 3.48. The van der Waals surface area contributed by atoms with Gasteiger partial charge in [-0.25, -0.2) is 4.39 Å². The van der Waals surface area contributed by atoms with Crippen molar-refractivity contribution in [2.24, 2.45) is 11.8 Å². The highest BCUT2D eigenvalue weighted by Crippen LogP contribution is 2.39. The van der Waals surface area contributed by atoms with Crippen molar-refractivity contribution < 1.29 is 4.39 Å². The summed E-state index contributed by atoms with van der Waals surface area (Å²) in [6.07, 6.45) is 6.71. The molecule has 1 nitrogen and oxygen atoms in total. The maximum Gasteiger partial charge on any atom is 0.146 e. The molecule has 0 spiro atoms. The minimum Gasteiger partial charge on any atom is -0.369 e. The molecule has 1 saturated carbocycles. The molecule has 0 aromatic heterocycles. The highest BCUT2D eigenvalue weighted by molar-refractivity contribution is 9.08. The van der Waals surface area contributed by atoms with E-state index in [9.17, 15) is 4.39 Å². The Morgan fingerprint density at radius 3 is 2.74 bits per heavy atom. The van der Waals surface area contributed by atoms with E-state index in [0.717, 1.165) is 41.5 Å². The maximum atomic E-state index is 14.2. The molecular weight excluding hydrogens is 305 g/mol. The predicted molar refractivity (Wildman–Crippen MR) is 81.3 cm³/mol. The second-order valence-corrected chi connectivity index (χ2v) is 6.48. The molecular formula is C16H21BrFN. The molecule has 2 atom stereocenters.